The Labute approximate surface area is 261 Å². The van der Waals surface area contributed by atoms with Crippen LogP contribution in [0.3, 0.4) is 0 Å². The average Bonchev–Trinajstić information content (AvgIpc) is 3.63. The lowest BCUT2D eigenvalue weighted by Gasteiger charge is -2.33. The summed E-state index contributed by atoms with van der Waals surface area (Å²) in [6.07, 6.45) is 4.25. The molecule has 0 amide bonds. The highest BCUT2D eigenvalue weighted by atomic mass is 28.3. The van der Waals surface area contributed by atoms with E-state index in [4.69, 9.17) is 0 Å². The Balaban J connectivity index is 0.000000162. The zero-order chi connectivity index (χ0) is 29.9. The van der Waals surface area contributed by atoms with Gasteiger partial charge in [-0.3, -0.25) is 4.68 Å². The van der Waals surface area contributed by atoms with Crippen molar-refractivity contribution in [2.24, 2.45) is 0 Å². The van der Waals surface area contributed by atoms with Crippen LogP contribution in [0.1, 0.15) is 0 Å². The van der Waals surface area contributed by atoms with Gasteiger partial charge in [0, 0.05) is 6.17 Å². The lowest BCUT2D eigenvalue weighted by atomic mass is 9.37. The first-order valence-corrected chi connectivity index (χ1v) is 17.2. The molecule has 0 aliphatic heterocycles. The van der Waals surface area contributed by atoms with Gasteiger partial charge in [0.1, 0.15) is 12.7 Å². The largest absolute Gasteiger partial charge is 0.255 e. The number of hydrogen-bond acceptors (Lipinski definition) is 2. The average molecular weight is 584 g/mol. The predicted octanol–water partition coefficient (Wildman–Crippen LogP) is 4.19. The standard InChI is InChI=1S/C21H19N3Si.C18H15B/c1-4-10-19(11-5-1)25(18-24-17-22-16-23-24,20-12-6-2-7-13-20)21-14-8-3-9-15-21;1-4-10-16(11-5-1)19(17-12-6-2-7-13-17)18-14-8-3-9-15-18/h1-17H,18H2;1-15H. The Morgan fingerprint density at radius 3 is 1.05 bits per heavy atom. The minimum Gasteiger partial charge on any atom is -0.255 e. The summed E-state index contributed by atoms with van der Waals surface area (Å²) in [6, 6.07) is 64.6. The van der Waals surface area contributed by atoms with E-state index in [0.717, 1.165) is 6.17 Å². The molecule has 0 N–H and O–H groups in total. The summed E-state index contributed by atoms with van der Waals surface area (Å²) in [6.45, 7) is 0.309. The first-order valence-electron chi connectivity index (χ1n) is 15.0. The van der Waals surface area contributed by atoms with E-state index in [1.807, 2.05) is 11.0 Å². The Morgan fingerprint density at radius 2 is 0.750 bits per heavy atom. The molecule has 1 aromatic heterocycles. The van der Waals surface area contributed by atoms with E-state index in [1.165, 1.54) is 31.9 Å². The van der Waals surface area contributed by atoms with Crippen molar-refractivity contribution in [1.29, 1.82) is 0 Å². The Bertz CT molecular complexity index is 1610. The van der Waals surface area contributed by atoms with Crippen molar-refractivity contribution in [2.45, 2.75) is 6.17 Å². The lowest BCUT2D eigenvalue weighted by molar-refractivity contribution is 0.730. The van der Waals surface area contributed by atoms with Crippen LogP contribution in [-0.4, -0.2) is 29.6 Å². The zero-order valence-corrected chi connectivity index (χ0v) is 25.6. The summed E-state index contributed by atoms with van der Waals surface area (Å²) in [4.78, 5) is 4.16. The molecule has 7 aromatic rings. The summed E-state index contributed by atoms with van der Waals surface area (Å²) in [5.41, 5.74) is 4.00. The summed E-state index contributed by atoms with van der Waals surface area (Å²) < 4.78 is 1.97. The third-order valence-corrected chi connectivity index (χ3v) is 12.8. The van der Waals surface area contributed by atoms with Crippen molar-refractivity contribution in [2.75, 3.05) is 0 Å². The van der Waals surface area contributed by atoms with E-state index in [1.54, 1.807) is 6.33 Å². The molecule has 7 rings (SSSR count). The summed E-state index contributed by atoms with van der Waals surface area (Å²) in [5, 5.41) is 8.55. The molecule has 0 spiro atoms. The molecule has 0 saturated carbocycles. The van der Waals surface area contributed by atoms with Crippen LogP contribution in [0.15, 0.2) is 195 Å². The number of benzene rings is 6. The minimum absolute atomic E-state index is 0.309. The van der Waals surface area contributed by atoms with Gasteiger partial charge >= 0.3 is 0 Å². The smallest absolute Gasteiger partial charge is 0.241 e. The maximum absolute atomic E-state index is 4.42. The van der Waals surface area contributed by atoms with Crippen LogP contribution in [0.25, 0.3) is 0 Å². The zero-order valence-electron chi connectivity index (χ0n) is 24.6. The number of nitrogens with zero attached hydrogens (tertiary/aromatic N) is 3. The Kier molecular flexibility index (Phi) is 9.36. The molecule has 0 aliphatic carbocycles. The van der Waals surface area contributed by atoms with Crippen molar-refractivity contribution >= 4 is 46.7 Å². The van der Waals surface area contributed by atoms with E-state index in [-0.39, 0.29) is 0 Å². The van der Waals surface area contributed by atoms with Gasteiger partial charge in [0.05, 0.1) is 0 Å². The van der Waals surface area contributed by atoms with Gasteiger partial charge in [-0.05, 0) is 15.6 Å². The van der Waals surface area contributed by atoms with Crippen LogP contribution in [-0.2, 0) is 6.17 Å². The summed E-state index contributed by atoms with van der Waals surface area (Å²) >= 11 is 0. The molecule has 0 unspecified atom stereocenters. The molecule has 212 valence electrons. The monoisotopic (exact) mass is 583 g/mol. The fourth-order valence-corrected chi connectivity index (χ4v) is 10.5. The molecule has 6 aromatic carbocycles. The van der Waals surface area contributed by atoms with Gasteiger partial charge in [-0.1, -0.05) is 198 Å². The molecule has 44 heavy (non-hydrogen) atoms. The quantitative estimate of drug-likeness (QED) is 0.199. The van der Waals surface area contributed by atoms with Crippen molar-refractivity contribution in [1.82, 2.24) is 14.8 Å². The highest BCUT2D eigenvalue weighted by Gasteiger charge is 2.40. The molecule has 0 bridgehead atoms. The van der Waals surface area contributed by atoms with E-state index < -0.39 is 8.07 Å². The van der Waals surface area contributed by atoms with Crippen LogP contribution in [0, 0.1) is 0 Å². The molecule has 0 radical (unpaired) electrons. The highest BCUT2D eigenvalue weighted by Crippen LogP contribution is 2.10. The molecule has 0 fully saturated rings. The fraction of sp³-hybridized carbons (Fsp3) is 0.0256. The van der Waals surface area contributed by atoms with Gasteiger partial charge in [-0.15, -0.1) is 0 Å². The highest BCUT2D eigenvalue weighted by molar-refractivity contribution is 7.10. The Hall–Kier alpha value is -5.26. The SMILES string of the molecule is c1ccc(B(c2ccccc2)c2ccccc2)cc1.c1ccc([Si](Cn2cncn2)(c2ccccc2)c2ccccc2)cc1. The second-order valence-corrected chi connectivity index (χ2v) is 14.6. The van der Waals surface area contributed by atoms with Gasteiger partial charge in [-0.25, -0.2) is 4.98 Å². The molecule has 1 heterocycles. The lowest BCUT2D eigenvalue weighted by Crippen LogP contribution is -2.69. The first kappa shape index (κ1) is 28.8. The maximum Gasteiger partial charge on any atom is 0.241 e. The van der Waals surface area contributed by atoms with Crippen LogP contribution >= 0.6 is 0 Å². The third kappa shape index (κ3) is 6.54. The maximum atomic E-state index is 4.42. The predicted molar refractivity (Wildman–Crippen MR) is 188 cm³/mol. The molecule has 0 aliphatic rings. The second-order valence-electron chi connectivity index (χ2n) is 10.8. The van der Waals surface area contributed by atoms with Crippen molar-refractivity contribution < 1.29 is 0 Å². The normalized spacial score (nSPS) is 10.8. The minimum atomic E-state index is -2.27. The van der Waals surface area contributed by atoms with Gasteiger partial charge in [0.25, 0.3) is 0 Å². The van der Waals surface area contributed by atoms with E-state index >= 15 is 0 Å². The summed E-state index contributed by atoms with van der Waals surface area (Å²) in [5.74, 6) is 0. The van der Waals surface area contributed by atoms with Gasteiger partial charge in [0.15, 0.2) is 8.07 Å². The summed E-state index contributed by atoms with van der Waals surface area (Å²) in [7, 11) is -2.27. The second kappa shape index (κ2) is 14.3. The van der Waals surface area contributed by atoms with Gasteiger partial charge < -0.3 is 0 Å². The van der Waals surface area contributed by atoms with E-state index in [2.05, 4.69) is 192 Å². The first-order chi connectivity index (χ1) is 21.8. The number of hydrogen-bond donors (Lipinski definition) is 0. The van der Waals surface area contributed by atoms with E-state index in [0.29, 0.717) is 6.71 Å². The molecule has 3 nitrogen and oxygen atoms in total. The molecule has 0 saturated heterocycles. The van der Waals surface area contributed by atoms with Crippen LogP contribution in [0.4, 0.5) is 0 Å². The van der Waals surface area contributed by atoms with Crippen LogP contribution < -0.4 is 31.9 Å². The van der Waals surface area contributed by atoms with Crippen LogP contribution in [0.2, 0.25) is 0 Å². The third-order valence-electron chi connectivity index (χ3n) is 8.06. The number of rotatable bonds is 8. The van der Waals surface area contributed by atoms with Crippen molar-refractivity contribution in [3.63, 3.8) is 0 Å². The van der Waals surface area contributed by atoms with Gasteiger partial charge in [0.2, 0.25) is 6.71 Å². The molecule has 0 atom stereocenters. The van der Waals surface area contributed by atoms with Crippen LogP contribution in [0.5, 0.6) is 0 Å². The molecular weight excluding hydrogens is 549 g/mol. The number of aromatic nitrogens is 3. The van der Waals surface area contributed by atoms with Crippen molar-refractivity contribution in [3.8, 4) is 0 Å². The topological polar surface area (TPSA) is 30.7 Å². The molecular formula is C39H34BN3Si. The fourth-order valence-electron chi connectivity index (χ4n) is 6.01. The molecule has 5 heteroatoms. The van der Waals surface area contributed by atoms with Crippen molar-refractivity contribution in [3.05, 3.63) is 195 Å². The Morgan fingerprint density at radius 1 is 0.432 bits per heavy atom. The van der Waals surface area contributed by atoms with Gasteiger partial charge in [-0.2, -0.15) is 5.10 Å². The van der Waals surface area contributed by atoms with E-state index in [9.17, 15) is 0 Å².